The van der Waals surface area contributed by atoms with Gasteiger partial charge in [0.2, 0.25) is 6.36 Å². The highest BCUT2D eigenvalue weighted by atomic mass is 19.1. The van der Waals surface area contributed by atoms with E-state index in [1.807, 2.05) is 43.3 Å². The van der Waals surface area contributed by atoms with Gasteiger partial charge < -0.3 is 14.2 Å². The molecular weight excluding hydrogens is 483 g/mol. The van der Waals surface area contributed by atoms with Crippen LogP contribution in [0.2, 0.25) is 0 Å². The second-order valence-electron chi connectivity index (χ2n) is 9.34. The summed E-state index contributed by atoms with van der Waals surface area (Å²) in [5.41, 5.74) is 2.83. The van der Waals surface area contributed by atoms with Gasteiger partial charge in [0, 0.05) is 12.0 Å². The number of alkyl halides is 1. The van der Waals surface area contributed by atoms with Crippen molar-refractivity contribution in [2.75, 3.05) is 6.61 Å². The van der Waals surface area contributed by atoms with Crippen molar-refractivity contribution < 1.29 is 23.4 Å². The van der Waals surface area contributed by atoms with Crippen LogP contribution >= 0.6 is 0 Å². The third-order valence-electron chi connectivity index (χ3n) is 6.17. The molecule has 0 amide bonds. The van der Waals surface area contributed by atoms with Gasteiger partial charge in [-0.15, -0.1) is 0 Å². The number of carbonyl (C=O) groups excluding carboxylic acids is 1. The molecule has 0 saturated carbocycles. The maximum absolute atomic E-state index is 13.4. The smallest absolute Gasteiger partial charge is 0.490 e. The minimum absolute atomic E-state index is 0.145. The molecule has 0 fully saturated rings. The Balaban J connectivity index is 1.43. The van der Waals surface area contributed by atoms with Crippen molar-refractivity contribution in [3.8, 4) is 34.0 Å². The lowest BCUT2D eigenvalue weighted by molar-refractivity contribution is -0.0148. The minimum Gasteiger partial charge on any atom is -0.490 e. The third-order valence-corrected chi connectivity index (χ3v) is 6.17. The molecule has 0 N–H and O–H groups in total. The first-order valence-corrected chi connectivity index (χ1v) is 13.8. The van der Waals surface area contributed by atoms with Crippen LogP contribution in [0.3, 0.4) is 0 Å². The molecule has 1 atom stereocenters. The molecule has 0 radical (unpaired) electrons. The summed E-state index contributed by atoms with van der Waals surface area (Å²) in [6, 6.07) is 14.8. The van der Waals surface area contributed by atoms with Crippen LogP contribution in [0.4, 0.5) is 9.18 Å². The summed E-state index contributed by atoms with van der Waals surface area (Å²) in [6.45, 7) is 4.74. The molecule has 0 spiro atoms. The third kappa shape index (κ3) is 10.1. The molecule has 3 rings (SSSR count). The lowest BCUT2D eigenvalue weighted by atomic mass is 10.0. The van der Waals surface area contributed by atoms with Crippen LogP contribution in [0, 0.1) is 0 Å². The SMILES string of the molecule is CCCCCCCCCCOc1cnc(-c2ccc(-c3ccc(OC(=O)O[C@@H](F)CCC)cc3)cc2)nc1. The van der Waals surface area contributed by atoms with E-state index in [1.165, 1.54) is 44.9 Å². The van der Waals surface area contributed by atoms with Crippen LogP contribution in [-0.4, -0.2) is 29.1 Å². The van der Waals surface area contributed by atoms with Crippen LogP contribution in [0.5, 0.6) is 11.5 Å². The van der Waals surface area contributed by atoms with Crippen molar-refractivity contribution in [1.82, 2.24) is 9.97 Å². The maximum Gasteiger partial charge on any atom is 0.516 e. The second-order valence-corrected chi connectivity index (χ2v) is 9.34. The van der Waals surface area contributed by atoms with Gasteiger partial charge in [0.05, 0.1) is 19.0 Å². The summed E-state index contributed by atoms with van der Waals surface area (Å²) in [5.74, 6) is 1.61. The summed E-state index contributed by atoms with van der Waals surface area (Å²) in [6.07, 6.45) is 11.6. The van der Waals surface area contributed by atoms with Crippen LogP contribution < -0.4 is 9.47 Å². The first-order valence-electron chi connectivity index (χ1n) is 13.8. The second kappa shape index (κ2) is 16.4. The van der Waals surface area contributed by atoms with Crippen molar-refractivity contribution >= 4 is 6.16 Å². The first kappa shape index (κ1) is 29.1. The molecule has 0 unspecified atom stereocenters. The molecule has 0 saturated heterocycles. The zero-order chi connectivity index (χ0) is 27.0. The zero-order valence-corrected chi connectivity index (χ0v) is 22.5. The average Bonchev–Trinajstić information content (AvgIpc) is 2.93. The van der Waals surface area contributed by atoms with Crippen molar-refractivity contribution in [3.05, 3.63) is 60.9 Å². The molecule has 6 nitrogen and oxygen atoms in total. The normalized spacial score (nSPS) is 11.7. The van der Waals surface area contributed by atoms with E-state index in [4.69, 9.17) is 9.47 Å². The van der Waals surface area contributed by atoms with Crippen LogP contribution in [-0.2, 0) is 4.74 Å². The fraction of sp³-hybridized carbons (Fsp3) is 0.452. The van der Waals surface area contributed by atoms with Gasteiger partial charge in [0.25, 0.3) is 0 Å². The van der Waals surface area contributed by atoms with Gasteiger partial charge in [-0.05, 0) is 36.1 Å². The summed E-state index contributed by atoms with van der Waals surface area (Å²) in [4.78, 5) is 20.6. The highest BCUT2D eigenvalue weighted by Gasteiger charge is 2.14. The first-order chi connectivity index (χ1) is 18.6. The Hall–Kier alpha value is -3.48. The van der Waals surface area contributed by atoms with Crippen LogP contribution in [0.25, 0.3) is 22.5 Å². The van der Waals surface area contributed by atoms with E-state index in [2.05, 4.69) is 21.6 Å². The van der Waals surface area contributed by atoms with Gasteiger partial charge >= 0.3 is 6.16 Å². The van der Waals surface area contributed by atoms with E-state index in [1.54, 1.807) is 24.5 Å². The van der Waals surface area contributed by atoms with Gasteiger partial charge in [0.15, 0.2) is 11.6 Å². The number of halogens is 1. The Bertz CT molecular complexity index is 1070. The number of benzene rings is 2. The number of rotatable bonds is 16. The predicted molar refractivity (Wildman–Crippen MR) is 148 cm³/mol. The number of hydrogen-bond acceptors (Lipinski definition) is 6. The van der Waals surface area contributed by atoms with E-state index >= 15 is 0 Å². The Morgan fingerprint density at radius 1 is 0.737 bits per heavy atom. The molecule has 0 bridgehead atoms. The molecule has 0 aliphatic rings. The zero-order valence-electron chi connectivity index (χ0n) is 22.5. The lowest BCUT2D eigenvalue weighted by Gasteiger charge is -2.10. The Morgan fingerprint density at radius 2 is 1.29 bits per heavy atom. The number of nitrogens with zero attached hydrogens (tertiary/aromatic N) is 2. The van der Waals surface area contributed by atoms with Gasteiger partial charge in [-0.1, -0.05) is 95.2 Å². The fourth-order valence-electron chi connectivity index (χ4n) is 4.00. The molecule has 204 valence electrons. The number of carbonyl (C=O) groups is 1. The minimum atomic E-state index is -1.65. The summed E-state index contributed by atoms with van der Waals surface area (Å²) < 4.78 is 28.8. The molecule has 3 aromatic rings. The monoisotopic (exact) mass is 522 g/mol. The molecular formula is C31H39FN2O4. The van der Waals surface area contributed by atoms with Gasteiger partial charge in [0.1, 0.15) is 5.75 Å². The van der Waals surface area contributed by atoms with Crippen LogP contribution in [0.15, 0.2) is 60.9 Å². The van der Waals surface area contributed by atoms with Crippen molar-refractivity contribution in [2.24, 2.45) is 0 Å². The largest absolute Gasteiger partial charge is 0.516 e. The molecule has 38 heavy (non-hydrogen) atoms. The number of hydrogen-bond donors (Lipinski definition) is 0. The Morgan fingerprint density at radius 3 is 1.89 bits per heavy atom. The summed E-state index contributed by atoms with van der Waals surface area (Å²) in [7, 11) is 0. The standard InChI is InChI=1S/C31H39FN2O4/c1-3-5-6-7-8-9-10-11-21-36-28-22-33-30(34-23-28)26-15-13-24(14-16-26)25-17-19-27(20-18-25)37-31(35)38-29(32)12-4-2/h13-20,22-23,29H,3-12,21H2,1-2H3/t29-/m1/s1. The van der Waals surface area contributed by atoms with Crippen molar-refractivity contribution in [3.63, 3.8) is 0 Å². The van der Waals surface area contributed by atoms with E-state index in [0.717, 1.165) is 23.1 Å². The van der Waals surface area contributed by atoms with Crippen molar-refractivity contribution in [1.29, 1.82) is 0 Å². The summed E-state index contributed by atoms with van der Waals surface area (Å²) >= 11 is 0. The number of ether oxygens (including phenoxy) is 3. The van der Waals surface area contributed by atoms with E-state index in [0.29, 0.717) is 24.6 Å². The van der Waals surface area contributed by atoms with E-state index in [-0.39, 0.29) is 12.2 Å². The highest BCUT2D eigenvalue weighted by molar-refractivity contribution is 5.69. The Kier molecular flexibility index (Phi) is 12.5. The number of unbranched alkanes of at least 4 members (excludes halogenated alkanes) is 7. The summed E-state index contributed by atoms with van der Waals surface area (Å²) in [5, 5.41) is 0. The quantitative estimate of drug-likeness (QED) is 0.106. The van der Waals surface area contributed by atoms with Crippen molar-refractivity contribution in [2.45, 2.75) is 84.4 Å². The van der Waals surface area contributed by atoms with Crippen LogP contribution in [0.1, 0.15) is 78.1 Å². The fourth-order valence-corrected chi connectivity index (χ4v) is 4.00. The maximum atomic E-state index is 13.4. The van der Waals surface area contributed by atoms with Gasteiger partial charge in [-0.25, -0.2) is 19.2 Å². The lowest BCUT2D eigenvalue weighted by Crippen LogP contribution is -2.17. The molecule has 2 aromatic carbocycles. The molecule has 1 heterocycles. The average molecular weight is 523 g/mol. The molecule has 1 aromatic heterocycles. The molecule has 7 heteroatoms. The topological polar surface area (TPSA) is 70.5 Å². The van der Waals surface area contributed by atoms with E-state index < -0.39 is 12.5 Å². The number of aromatic nitrogens is 2. The molecule has 0 aliphatic heterocycles. The Labute approximate surface area is 225 Å². The predicted octanol–water partition coefficient (Wildman–Crippen LogP) is 8.94. The highest BCUT2D eigenvalue weighted by Crippen LogP contribution is 2.26. The van der Waals surface area contributed by atoms with E-state index in [9.17, 15) is 9.18 Å². The van der Waals surface area contributed by atoms with Gasteiger partial charge in [-0.2, -0.15) is 0 Å². The van der Waals surface area contributed by atoms with Gasteiger partial charge in [-0.3, -0.25) is 0 Å². The molecule has 0 aliphatic carbocycles.